The van der Waals surface area contributed by atoms with E-state index in [0.717, 1.165) is 12.2 Å². The van der Waals surface area contributed by atoms with Crippen molar-refractivity contribution in [3.8, 4) is 5.75 Å². The standard InChI is InChI=1S/C21H27NO/c1-13(2)20-9-8-14(3)19-21(20)10-11-22(4)17(20)12-15-6-5-7-16(23-19)18(15)21/h5-7,13,17,19H,3,8-12H2,1-2,4H3. The van der Waals surface area contributed by atoms with Gasteiger partial charge in [0.25, 0.3) is 0 Å². The molecule has 2 heterocycles. The zero-order valence-corrected chi connectivity index (χ0v) is 14.6. The van der Waals surface area contributed by atoms with E-state index in [1.54, 1.807) is 5.56 Å². The lowest BCUT2D eigenvalue weighted by atomic mass is 9.40. The van der Waals surface area contributed by atoms with Crippen LogP contribution in [-0.2, 0) is 11.8 Å². The molecule has 1 saturated heterocycles. The van der Waals surface area contributed by atoms with Gasteiger partial charge in [0.05, 0.1) is 0 Å². The molecule has 0 radical (unpaired) electrons. The molecule has 122 valence electrons. The maximum atomic E-state index is 6.58. The first kappa shape index (κ1) is 14.1. The van der Waals surface area contributed by atoms with Crippen LogP contribution in [0.3, 0.4) is 0 Å². The molecule has 0 amide bonds. The summed E-state index contributed by atoms with van der Waals surface area (Å²) in [5.41, 5.74) is 4.91. The zero-order chi connectivity index (χ0) is 16.0. The normalized spacial score (nSPS) is 41.0. The van der Waals surface area contributed by atoms with Crippen molar-refractivity contribution in [2.24, 2.45) is 11.3 Å². The summed E-state index contributed by atoms with van der Waals surface area (Å²) in [5, 5.41) is 0. The first-order valence-corrected chi connectivity index (χ1v) is 9.19. The van der Waals surface area contributed by atoms with Crippen LogP contribution in [-0.4, -0.2) is 30.6 Å². The molecule has 2 heteroatoms. The summed E-state index contributed by atoms with van der Waals surface area (Å²) in [5.74, 6) is 1.82. The summed E-state index contributed by atoms with van der Waals surface area (Å²) >= 11 is 0. The van der Waals surface area contributed by atoms with Gasteiger partial charge in [-0.25, -0.2) is 0 Å². The average molecular weight is 309 g/mol. The van der Waals surface area contributed by atoms with Crippen molar-refractivity contribution in [2.75, 3.05) is 13.6 Å². The van der Waals surface area contributed by atoms with Gasteiger partial charge in [-0.2, -0.15) is 0 Å². The average Bonchev–Trinajstić information content (AvgIpc) is 2.87. The molecule has 4 aliphatic rings. The van der Waals surface area contributed by atoms with E-state index in [0.29, 0.717) is 17.4 Å². The van der Waals surface area contributed by atoms with Crippen LogP contribution >= 0.6 is 0 Å². The van der Waals surface area contributed by atoms with Gasteiger partial charge in [-0.05, 0) is 62.4 Å². The maximum absolute atomic E-state index is 6.58. The van der Waals surface area contributed by atoms with Gasteiger partial charge in [0.1, 0.15) is 11.9 Å². The Kier molecular flexibility index (Phi) is 2.58. The first-order chi connectivity index (χ1) is 11.0. The van der Waals surface area contributed by atoms with Gasteiger partial charge in [-0.15, -0.1) is 0 Å². The Labute approximate surface area is 139 Å². The monoisotopic (exact) mass is 309 g/mol. The Hall–Kier alpha value is -1.28. The van der Waals surface area contributed by atoms with Gasteiger partial charge in [-0.1, -0.05) is 32.6 Å². The smallest absolute Gasteiger partial charge is 0.130 e. The lowest BCUT2D eigenvalue weighted by molar-refractivity contribution is -0.128. The van der Waals surface area contributed by atoms with Crippen molar-refractivity contribution < 1.29 is 4.74 Å². The topological polar surface area (TPSA) is 12.5 Å². The molecule has 1 aromatic carbocycles. The predicted molar refractivity (Wildman–Crippen MR) is 92.9 cm³/mol. The number of likely N-dealkylation sites (N-methyl/N-ethyl adjacent to an activating group) is 1. The van der Waals surface area contributed by atoms with E-state index in [1.807, 2.05) is 0 Å². The highest BCUT2D eigenvalue weighted by atomic mass is 16.5. The van der Waals surface area contributed by atoms with E-state index in [2.05, 4.69) is 50.6 Å². The van der Waals surface area contributed by atoms with Crippen LogP contribution in [0.1, 0.15) is 44.2 Å². The van der Waals surface area contributed by atoms with Crippen molar-refractivity contribution in [1.29, 1.82) is 0 Å². The van der Waals surface area contributed by atoms with Gasteiger partial charge in [-0.3, -0.25) is 0 Å². The van der Waals surface area contributed by atoms with Gasteiger partial charge >= 0.3 is 0 Å². The van der Waals surface area contributed by atoms with Crippen LogP contribution in [0, 0.1) is 11.3 Å². The number of benzene rings is 1. The quantitative estimate of drug-likeness (QED) is 0.729. The second-order valence-electron chi connectivity index (χ2n) is 8.56. The summed E-state index contributed by atoms with van der Waals surface area (Å²) in [6.07, 6.45) is 4.99. The van der Waals surface area contributed by atoms with E-state index in [9.17, 15) is 0 Å². The van der Waals surface area contributed by atoms with E-state index in [4.69, 9.17) is 4.74 Å². The van der Waals surface area contributed by atoms with Crippen molar-refractivity contribution >= 4 is 0 Å². The van der Waals surface area contributed by atoms with Crippen molar-refractivity contribution in [3.05, 3.63) is 41.5 Å². The molecule has 4 atom stereocenters. The highest BCUT2D eigenvalue weighted by Gasteiger charge is 2.71. The number of likely N-dealkylation sites (tertiary alicyclic amines) is 1. The second kappa shape index (κ2) is 4.22. The predicted octanol–water partition coefficient (Wildman–Crippen LogP) is 3.94. The third-order valence-electron chi connectivity index (χ3n) is 7.74. The third-order valence-corrected chi connectivity index (χ3v) is 7.74. The first-order valence-electron chi connectivity index (χ1n) is 9.19. The van der Waals surface area contributed by atoms with E-state index < -0.39 is 0 Å². The maximum Gasteiger partial charge on any atom is 0.130 e. The van der Waals surface area contributed by atoms with E-state index in [-0.39, 0.29) is 11.5 Å². The Balaban J connectivity index is 1.88. The van der Waals surface area contributed by atoms with E-state index >= 15 is 0 Å². The lowest BCUT2D eigenvalue weighted by Gasteiger charge is -2.67. The molecular weight excluding hydrogens is 282 g/mol. The van der Waals surface area contributed by atoms with Crippen LogP contribution in [0.2, 0.25) is 0 Å². The van der Waals surface area contributed by atoms with E-state index in [1.165, 1.54) is 36.9 Å². The molecule has 1 saturated carbocycles. The molecule has 4 unspecified atom stereocenters. The number of hydrogen-bond donors (Lipinski definition) is 0. The molecule has 5 rings (SSSR count). The molecule has 2 bridgehead atoms. The molecule has 2 nitrogen and oxygen atoms in total. The zero-order valence-electron chi connectivity index (χ0n) is 14.6. The summed E-state index contributed by atoms with van der Waals surface area (Å²) in [4.78, 5) is 2.64. The summed E-state index contributed by atoms with van der Waals surface area (Å²) in [6.45, 7) is 10.5. The number of rotatable bonds is 1. The molecule has 2 fully saturated rings. The van der Waals surface area contributed by atoms with Gasteiger partial charge in [0.2, 0.25) is 0 Å². The lowest BCUT2D eigenvalue weighted by Crippen LogP contribution is -2.72. The highest BCUT2D eigenvalue weighted by Crippen LogP contribution is 2.70. The van der Waals surface area contributed by atoms with Crippen molar-refractivity contribution in [1.82, 2.24) is 4.90 Å². The highest BCUT2D eigenvalue weighted by molar-refractivity contribution is 5.58. The van der Waals surface area contributed by atoms with Crippen molar-refractivity contribution in [3.63, 3.8) is 0 Å². The molecular formula is C21H27NO. The van der Waals surface area contributed by atoms with Crippen molar-refractivity contribution in [2.45, 2.75) is 57.1 Å². The van der Waals surface area contributed by atoms with Crippen LogP contribution in [0.5, 0.6) is 5.75 Å². The molecule has 2 aliphatic carbocycles. The number of hydrogen-bond acceptors (Lipinski definition) is 2. The fraction of sp³-hybridized carbons (Fsp3) is 0.619. The van der Waals surface area contributed by atoms with Crippen LogP contribution in [0.25, 0.3) is 0 Å². The molecule has 23 heavy (non-hydrogen) atoms. The van der Waals surface area contributed by atoms with Crippen LogP contribution in [0.4, 0.5) is 0 Å². The minimum atomic E-state index is 0.165. The summed E-state index contributed by atoms with van der Waals surface area (Å²) in [6, 6.07) is 7.36. The van der Waals surface area contributed by atoms with Crippen LogP contribution < -0.4 is 4.74 Å². The summed E-state index contributed by atoms with van der Waals surface area (Å²) < 4.78 is 6.58. The molecule has 0 aromatic heterocycles. The number of ether oxygens (including phenoxy) is 1. The second-order valence-corrected chi connectivity index (χ2v) is 8.56. The Morgan fingerprint density at radius 2 is 2.13 bits per heavy atom. The largest absolute Gasteiger partial charge is 0.485 e. The molecule has 0 N–H and O–H groups in total. The Morgan fingerprint density at radius 1 is 1.30 bits per heavy atom. The van der Waals surface area contributed by atoms with Gasteiger partial charge in [0, 0.05) is 22.4 Å². The Bertz CT molecular complexity index is 708. The number of piperidine rings is 1. The SMILES string of the molecule is C=C1CCC2(C(C)C)C3Cc4cccc5c4C2(CCN3C)C1O5. The fourth-order valence-electron chi connectivity index (χ4n) is 6.93. The minimum Gasteiger partial charge on any atom is -0.485 e. The number of nitrogens with zero attached hydrogens (tertiary/aromatic N) is 1. The Morgan fingerprint density at radius 3 is 2.91 bits per heavy atom. The van der Waals surface area contributed by atoms with Gasteiger partial charge in [0.15, 0.2) is 0 Å². The fourth-order valence-corrected chi connectivity index (χ4v) is 6.93. The molecule has 1 spiro atoms. The van der Waals surface area contributed by atoms with Gasteiger partial charge < -0.3 is 9.64 Å². The third kappa shape index (κ3) is 1.34. The van der Waals surface area contributed by atoms with Crippen LogP contribution in [0.15, 0.2) is 30.4 Å². The minimum absolute atomic E-state index is 0.165. The molecule has 2 aliphatic heterocycles. The molecule has 1 aromatic rings. The summed E-state index contributed by atoms with van der Waals surface area (Å²) in [7, 11) is 2.34.